The molecule has 0 radical (unpaired) electrons. The summed E-state index contributed by atoms with van der Waals surface area (Å²) in [5, 5.41) is 0. The standard InChI is InChI=1S/C13H15ClO/c1-11(2)15-13-8-5-7-12(10-13)6-3-4-9-14/h5,7-8,10-11H,4,9H2,1-2H3. The second-order valence-electron chi connectivity index (χ2n) is 3.44. The topological polar surface area (TPSA) is 9.23 Å². The van der Waals surface area contributed by atoms with Crippen LogP contribution < -0.4 is 4.74 Å². The maximum atomic E-state index is 5.57. The van der Waals surface area contributed by atoms with Crippen LogP contribution in [0.25, 0.3) is 0 Å². The van der Waals surface area contributed by atoms with E-state index in [4.69, 9.17) is 16.3 Å². The fourth-order valence-electron chi connectivity index (χ4n) is 1.13. The highest BCUT2D eigenvalue weighted by molar-refractivity contribution is 6.18. The third-order valence-electron chi connectivity index (χ3n) is 1.66. The highest BCUT2D eigenvalue weighted by Crippen LogP contribution is 2.14. The lowest BCUT2D eigenvalue weighted by Gasteiger charge is -2.09. The number of ether oxygens (including phenoxy) is 1. The molecule has 0 heterocycles. The predicted molar refractivity (Wildman–Crippen MR) is 64.4 cm³/mol. The zero-order valence-corrected chi connectivity index (χ0v) is 9.84. The summed E-state index contributed by atoms with van der Waals surface area (Å²) in [4.78, 5) is 0. The molecule has 1 aromatic rings. The van der Waals surface area contributed by atoms with Gasteiger partial charge in [-0.15, -0.1) is 11.6 Å². The Hall–Kier alpha value is -1.13. The minimum atomic E-state index is 0.191. The molecule has 0 amide bonds. The van der Waals surface area contributed by atoms with Crippen molar-refractivity contribution in [3.05, 3.63) is 29.8 Å². The van der Waals surface area contributed by atoms with Crippen LogP contribution in [-0.4, -0.2) is 12.0 Å². The molecule has 0 aromatic heterocycles. The van der Waals surface area contributed by atoms with Gasteiger partial charge in [-0.2, -0.15) is 0 Å². The van der Waals surface area contributed by atoms with Gasteiger partial charge in [-0.3, -0.25) is 0 Å². The van der Waals surface area contributed by atoms with Gasteiger partial charge in [0.05, 0.1) is 6.10 Å². The Bertz CT molecular complexity index is 360. The molecule has 2 heteroatoms. The van der Waals surface area contributed by atoms with Crippen molar-refractivity contribution in [3.8, 4) is 17.6 Å². The van der Waals surface area contributed by atoms with Crippen LogP contribution in [-0.2, 0) is 0 Å². The number of rotatable bonds is 3. The van der Waals surface area contributed by atoms with Crippen molar-refractivity contribution in [1.82, 2.24) is 0 Å². The molecule has 0 aliphatic rings. The van der Waals surface area contributed by atoms with Gasteiger partial charge >= 0.3 is 0 Å². The summed E-state index contributed by atoms with van der Waals surface area (Å²) in [5.74, 6) is 7.48. The smallest absolute Gasteiger partial charge is 0.120 e. The Morgan fingerprint density at radius 3 is 2.87 bits per heavy atom. The minimum Gasteiger partial charge on any atom is -0.491 e. The number of hydrogen-bond acceptors (Lipinski definition) is 1. The molecule has 0 saturated heterocycles. The largest absolute Gasteiger partial charge is 0.491 e. The van der Waals surface area contributed by atoms with Crippen molar-refractivity contribution >= 4 is 11.6 Å². The van der Waals surface area contributed by atoms with Gasteiger partial charge in [0, 0.05) is 17.9 Å². The summed E-state index contributed by atoms with van der Waals surface area (Å²) in [6.07, 6.45) is 0.910. The first-order valence-corrected chi connectivity index (χ1v) is 5.57. The van der Waals surface area contributed by atoms with E-state index in [1.165, 1.54) is 0 Å². The number of hydrogen-bond donors (Lipinski definition) is 0. The number of halogens is 1. The van der Waals surface area contributed by atoms with Gasteiger partial charge in [0.25, 0.3) is 0 Å². The highest BCUT2D eigenvalue weighted by atomic mass is 35.5. The Balaban J connectivity index is 2.71. The Labute approximate surface area is 96.4 Å². The first-order chi connectivity index (χ1) is 7.22. The lowest BCUT2D eigenvalue weighted by atomic mass is 10.2. The summed E-state index contributed by atoms with van der Waals surface area (Å²) in [6.45, 7) is 4.01. The van der Waals surface area contributed by atoms with Crippen LogP contribution in [0.15, 0.2) is 24.3 Å². The van der Waals surface area contributed by atoms with Crippen LogP contribution in [0.4, 0.5) is 0 Å². The average molecular weight is 223 g/mol. The summed E-state index contributed by atoms with van der Waals surface area (Å²) < 4.78 is 5.57. The van der Waals surface area contributed by atoms with Crippen LogP contribution in [0.3, 0.4) is 0 Å². The monoisotopic (exact) mass is 222 g/mol. The van der Waals surface area contributed by atoms with E-state index in [0.29, 0.717) is 5.88 Å². The van der Waals surface area contributed by atoms with E-state index in [1.807, 2.05) is 38.1 Å². The number of benzene rings is 1. The highest BCUT2D eigenvalue weighted by Gasteiger charge is 1.97. The second-order valence-corrected chi connectivity index (χ2v) is 3.81. The first kappa shape index (κ1) is 11.9. The quantitative estimate of drug-likeness (QED) is 0.562. The molecular weight excluding hydrogens is 208 g/mol. The lowest BCUT2D eigenvalue weighted by Crippen LogP contribution is -2.05. The second kappa shape index (κ2) is 6.37. The van der Waals surface area contributed by atoms with Crippen molar-refractivity contribution in [2.75, 3.05) is 5.88 Å². The molecule has 0 atom stereocenters. The summed E-state index contributed by atoms with van der Waals surface area (Å²) >= 11 is 5.54. The molecule has 15 heavy (non-hydrogen) atoms. The Kier molecular flexibility index (Phi) is 5.07. The van der Waals surface area contributed by atoms with E-state index in [-0.39, 0.29) is 6.10 Å². The molecule has 0 spiro atoms. The van der Waals surface area contributed by atoms with Gasteiger partial charge in [0.15, 0.2) is 0 Å². The molecule has 0 bridgehead atoms. The molecule has 1 aromatic carbocycles. The van der Waals surface area contributed by atoms with Crippen molar-refractivity contribution in [3.63, 3.8) is 0 Å². The SMILES string of the molecule is CC(C)Oc1cccc(C#CCCCl)c1. The third-order valence-corrected chi connectivity index (χ3v) is 1.85. The zero-order chi connectivity index (χ0) is 11.1. The first-order valence-electron chi connectivity index (χ1n) is 5.04. The average Bonchev–Trinajstić information content (AvgIpc) is 2.18. The Morgan fingerprint density at radius 1 is 1.40 bits per heavy atom. The normalized spacial score (nSPS) is 9.60. The molecule has 0 N–H and O–H groups in total. The Morgan fingerprint density at radius 2 is 2.20 bits per heavy atom. The van der Waals surface area contributed by atoms with Crippen molar-refractivity contribution in [2.45, 2.75) is 26.4 Å². The van der Waals surface area contributed by atoms with Crippen LogP contribution in [0.5, 0.6) is 5.75 Å². The van der Waals surface area contributed by atoms with Crippen molar-refractivity contribution in [1.29, 1.82) is 0 Å². The molecular formula is C13H15ClO. The van der Waals surface area contributed by atoms with E-state index in [9.17, 15) is 0 Å². The molecule has 0 aliphatic carbocycles. The van der Waals surface area contributed by atoms with Gasteiger partial charge in [-0.05, 0) is 32.0 Å². The van der Waals surface area contributed by atoms with Gasteiger partial charge in [0.1, 0.15) is 5.75 Å². The van der Waals surface area contributed by atoms with Gasteiger partial charge in [-0.25, -0.2) is 0 Å². The third kappa shape index (κ3) is 4.76. The molecule has 1 nitrogen and oxygen atoms in total. The molecule has 0 fully saturated rings. The summed E-state index contributed by atoms with van der Waals surface area (Å²) in [5.41, 5.74) is 0.971. The van der Waals surface area contributed by atoms with Gasteiger partial charge < -0.3 is 4.74 Å². The molecule has 0 aliphatic heterocycles. The zero-order valence-electron chi connectivity index (χ0n) is 9.09. The van der Waals surface area contributed by atoms with E-state index < -0.39 is 0 Å². The van der Waals surface area contributed by atoms with Gasteiger partial charge in [-0.1, -0.05) is 17.9 Å². The van der Waals surface area contributed by atoms with Crippen molar-refractivity contribution in [2.24, 2.45) is 0 Å². The lowest BCUT2D eigenvalue weighted by molar-refractivity contribution is 0.242. The van der Waals surface area contributed by atoms with E-state index in [0.717, 1.165) is 17.7 Å². The maximum Gasteiger partial charge on any atom is 0.120 e. The van der Waals surface area contributed by atoms with E-state index in [2.05, 4.69) is 11.8 Å². The predicted octanol–water partition coefficient (Wildman–Crippen LogP) is 3.45. The van der Waals surface area contributed by atoms with Crippen molar-refractivity contribution < 1.29 is 4.74 Å². The maximum absolute atomic E-state index is 5.57. The number of alkyl halides is 1. The molecule has 1 rings (SSSR count). The van der Waals surface area contributed by atoms with Crippen LogP contribution >= 0.6 is 11.6 Å². The van der Waals surface area contributed by atoms with Crippen LogP contribution in [0, 0.1) is 11.8 Å². The molecule has 80 valence electrons. The molecule has 0 unspecified atom stereocenters. The molecule has 0 saturated carbocycles. The van der Waals surface area contributed by atoms with E-state index in [1.54, 1.807) is 0 Å². The minimum absolute atomic E-state index is 0.191. The summed E-state index contributed by atoms with van der Waals surface area (Å²) in [6, 6.07) is 7.80. The fourth-order valence-corrected chi connectivity index (χ4v) is 1.23. The summed E-state index contributed by atoms with van der Waals surface area (Å²) in [7, 11) is 0. The van der Waals surface area contributed by atoms with Crippen LogP contribution in [0.2, 0.25) is 0 Å². The fraction of sp³-hybridized carbons (Fsp3) is 0.385. The van der Waals surface area contributed by atoms with Gasteiger partial charge in [0.2, 0.25) is 0 Å². The van der Waals surface area contributed by atoms with Crippen LogP contribution in [0.1, 0.15) is 25.8 Å². The van der Waals surface area contributed by atoms with E-state index >= 15 is 0 Å².